The Hall–Kier alpha value is -3.04. The van der Waals surface area contributed by atoms with E-state index in [4.69, 9.17) is 9.47 Å². The number of aryl methyl sites for hydroxylation is 1. The van der Waals surface area contributed by atoms with Crippen LogP contribution in [0.2, 0.25) is 0 Å². The number of aromatic nitrogens is 4. The molecule has 1 fully saturated rings. The molecule has 3 heterocycles. The fourth-order valence-corrected chi connectivity index (χ4v) is 3.53. The van der Waals surface area contributed by atoms with Gasteiger partial charge in [-0.2, -0.15) is 22.7 Å². The summed E-state index contributed by atoms with van der Waals surface area (Å²) in [6.07, 6.45) is -2.57. The highest BCUT2D eigenvalue weighted by Gasteiger charge is 2.37. The standard InChI is InChI=1S/C19H18F3N5O2/c1-10-8-15(27-18(23-10)25-17(26-27)19(20,21)22)24-16(11-2-3-11)12-4-5-13-14(9-12)29-7-6-28-13/h4-5,8-9,11,16,24H,2-3,6-7H2,1H3. The normalized spacial score (nSPS) is 17.4. The lowest BCUT2D eigenvalue weighted by atomic mass is 10.0. The summed E-state index contributed by atoms with van der Waals surface area (Å²) in [6.45, 7) is 2.71. The number of hydrogen-bond donors (Lipinski definition) is 1. The molecular weight excluding hydrogens is 387 g/mol. The number of halogens is 3. The van der Waals surface area contributed by atoms with Crippen LogP contribution in [0.1, 0.15) is 36.0 Å². The van der Waals surface area contributed by atoms with Crippen molar-refractivity contribution in [1.29, 1.82) is 0 Å². The molecule has 7 nitrogen and oxygen atoms in total. The van der Waals surface area contributed by atoms with Gasteiger partial charge in [0.15, 0.2) is 11.5 Å². The van der Waals surface area contributed by atoms with E-state index in [0.29, 0.717) is 42.1 Å². The van der Waals surface area contributed by atoms with Crippen LogP contribution in [0.25, 0.3) is 5.78 Å². The van der Waals surface area contributed by atoms with Crippen LogP contribution < -0.4 is 14.8 Å². The molecule has 0 amide bonds. The molecule has 1 aliphatic carbocycles. The molecule has 1 atom stereocenters. The van der Waals surface area contributed by atoms with Crippen molar-refractivity contribution in [2.75, 3.05) is 18.5 Å². The summed E-state index contributed by atoms with van der Waals surface area (Å²) >= 11 is 0. The lowest BCUT2D eigenvalue weighted by Crippen LogP contribution is -2.18. The molecule has 10 heteroatoms. The van der Waals surface area contributed by atoms with E-state index in [2.05, 4.69) is 20.4 Å². The van der Waals surface area contributed by atoms with Crippen molar-refractivity contribution >= 4 is 11.6 Å². The zero-order chi connectivity index (χ0) is 20.2. The summed E-state index contributed by atoms with van der Waals surface area (Å²) in [5.74, 6) is 0.867. The highest BCUT2D eigenvalue weighted by atomic mass is 19.4. The van der Waals surface area contributed by atoms with Crippen LogP contribution in [-0.4, -0.2) is 32.8 Å². The van der Waals surface area contributed by atoms with Crippen molar-refractivity contribution < 1.29 is 22.6 Å². The first-order chi connectivity index (χ1) is 13.9. The number of nitrogens with zero attached hydrogens (tertiary/aromatic N) is 4. The van der Waals surface area contributed by atoms with Crippen LogP contribution in [0, 0.1) is 12.8 Å². The minimum atomic E-state index is -4.63. The third-order valence-electron chi connectivity index (χ3n) is 5.02. The molecule has 0 saturated heterocycles. The Morgan fingerprint density at radius 2 is 1.86 bits per heavy atom. The molecule has 2 aliphatic rings. The van der Waals surface area contributed by atoms with Crippen molar-refractivity contribution in [2.45, 2.75) is 32.0 Å². The second kappa shape index (κ2) is 6.50. The Kier molecular flexibility index (Phi) is 4.04. The lowest BCUT2D eigenvalue weighted by molar-refractivity contribution is -0.144. The van der Waals surface area contributed by atoms with Gasteiger partial charge in [0.1, 0.15) is 19.0 Å². The van der Waals surface area contributed by atoms with Crippen LogP contribution in [0.3, 0.4) is 0 Å². The average Bonchev–Trinajstić information content (AvgIpc) is 3.42. The van der Waals surface area contributed by atoms with E-state index < -0.39 is 12.0 Å². The molecule has 0 spiro atoms. The predicted molar refractivity (Wildman–Crippen MR) is 97.0 cm³/mol. The maximum absolute atomic E-state index is 13.1. The second-order valence-electron chi connectivity index (χ2n) is 7.29. The summed E-state index contributed by atoms with van der Waals surface area (Å²) in [5.41, 5.74) is 1.54. The van der Waals surface area contributed by atoms with Crippen LogP contribution >= 0.6 is 0 Å². The highest BCUT2D eigenvalue weighted by molar-refractivity contribution is 5.50. The number of hydrogen-bond acceptors (Lipinski definition) is 6. The van der Waals surface area contributed by atoms with Gasteiger partial charge in [-0.05, 0) is 43.4 Å². The molecule has 1 aromatic carbocycles. The third-order valence-corrected chi connectivity index (χ3v) is 5.02. The van der Waals surface area contributed by atoms with Crippen molar-refractivity contribution in [3.05, 3.63) is 41.3 Å². The van der Waals surface area contributed by atoms with Gasteiger partial charge in [-0.1, -0.05) is 6.07 Å². The zero-order valence-electron chi connectivity index (χ0n) is 15.5. The van der Waals surface area contributed by atoms with E-state index in [1.54, 1.807) is 13.0 Å². The van der Waals surface area contributed by atoms with E-state index in [0.717, 1.165) is 22.9 Å². The predicted octanol–water partition coefficient (Wildman–Crippen LogP) is 3.79. The van der Waals surface area contributed by atoms with Gasteiger partial charge in [-0.25, -0.2) is 4.98 Å². The molecule has 3 aromatic rings. The molecule has 152 valence electrons. The topological polar surface area (TPSA) is 73.6 Å². The molecule has 1 saturated carbocycles. The second-order valence-corrected chi connectivity index (χ2v) is 7.29. The number of ether oxygens (including phenoxy) is 2. The van der Waals surface area contributed by atoms with E-state index in [9.17, 15) is 13.2 Å². The Bertz CT molecular complexity index is 1080. The van der Waals surface area contributed by atoms with Crippen molar-refractivity contribution in [2.24, 2.45) is 5.92 Å². The quantitative estimate of drug-likeness (QED) is 0.712. The van der Waals surface area contributed by atoms with E-state index >= 15 is 0 Å². The van der Waals surface area contributed by atoms with Gasteiger partial charge in [-0.15, -0.1) is 5.10 Å². The number of nitrogens with one attached hydrogen (secondary N) is 1. The van der Waals surface area contributed by atoms with E-state index in [-0.39, 0.29) is 11.8 Å². The smallest absolute Gasteiger partial charge is 0.453 e. The molecule has 0 radical (unpaired) electrons. The molecule has 29 heavy (non-hydrogen) atoms. The zero-order valence-corrected chi connectivity index (χ0v) is 15.5. The molecule has 1 N–H and O–H groups in total. The van der Waals surface area contributed by atoms with Crippen molar-refractivity contribution in [1.82, 2.24) is 19.6 Å². The highest BCUT2D eigenvalue weighted by Crippen LogP contribution is 2.45. The minimum absolute atomic E-state index is 0.0865. The maximum Gasteiger partial charge on any atom is 0.453 e. The molecule has 1 unspecified atom stereocenters. The van der Waals surface area contributed by atoms with Gasteiger partial charge in [0, 0.05) is 11.8 Å². The minimum Gasteiger partial charge on any atom is -0.486 e. The third kappa shape index (κ3) is 3.43. The fraction of sp³-hybridized carbons (Fsp3) is 0.421. The molecular formula is C19H18F3N5O2. The number of rotatable bonds is 4. The first-order valence-corrected chi connectivity index (χ1v) is 9.36. The summed E-state index contributed by atoms with van der Waals surface area (Å²) in [7, 11) is 0. The van der Waals surface area contributed by atoms with Gasteiger partial charge in [-0.3, -0.25) is 0 Å². The van der Waals surface area contributed by atoms with Crippen LogP contribution in [0.15, 0.2) is 24.3 Å². The van der Waals surface area contributed by atoms with Gasteiger partial charge < -0.3 is 14.8 Å². The summed E-state index contributed by atoms with van der Waals surface area (Å²) < 4.78 is 51.6. The van der Waals surface area contributed by atoms with Crippen LogP contribution in [0.5, 0.6) is 11.5 Å². The number of alkyl halides is 3. The van der Waals surface area contributed by atoms with Crippen LogP contribution in [-0.2, 0) is 6.18 Å². The molecule has 0 bridgehead atoms. The van der Waals surface area contributed by atoms with Gasteiger partial charge in [0.25, 0.3) is 11.6 Å². The fourth-order valence-electron chi connectivity index (χ4n) is 3.53. The molecule has 2 aromatic heterocycles. The Labute approximate surface area is 163 Å². The SMILES string of the molecule is Cc1cc(NC(c2ccc3c(c2)OCCO3)C2CC2)n2nc(C(F)(F)F)nc2n1. The van der Waals surface area contributed by atoms with Gasteiger partial charge in [0.05, 0.1) is 6.04 Å². The number of fused-ring (bicyclic) bond motifs is 2. The van der Waals surface area contributed by atoms with E-state index in [1.165, 1.54) is 0 Å². The first-order valence-electron chi connectivity index (χ1n) is 9.36. The Morgan fingerprint density at radius 1 is 1.10 bits per heavy atom. The van der Waals surface area contributed by atoms with Gasteiger partial charge in [0.2, 0.25) is 0 Å². The van der Waals surface area contributed by atoms with Crippen molar-refractivity contribution in [3.8, 4) is 11.5 Å². The van der Waals surface area contributed by atoms with Crippen molar-refractivity contribution in [3.63, 3.8) is 0 Å². The summed E-state index contributed by atoms with van der Waals surface area (Å²) in [6, 6.07) is 7.32. The monoisotopic (exact) mass is 405 g/mol. The first kappa shape index (κ1) is 18.0. The Balaban J connectivity index is 1.53. The largest absolute Gasteiger partial charge is 0.486 e. The molecule has 5 rings (SSSR count). The summed E-state index contributed by atoms with van der Waals surface area (Å²) in [5, 5.41) is 7.00. The number of anilines is 1. The average molecular weight is 405 g/mol. The Morgan fingerprint density at radius 3 is 2.59 bits per heavy atom. The molecule has 1 aliphatic heterocycles. The summed E-state index contributed by atoms with van der Waals surface area (Å²) in [4.78, 5) is 7.62. The maximum atomic E-state index is 13.1. The van der Waals surface area contributed by atoms with E-state index in [1.807, 2.05) is 18.2 Å². The lowest BCUT2D eigenvalue weighted by Gasteiger charge is -2.24. The van der Waals surface area contributed by atoms with Crippen LogP contribution in [0.4, 0.5) is 19.0 Å². The number of benzene rings is 1. The van der Waals surface area contributed by atoms with Gasteiger partial charge >= 0.3 is 6.18 Å².